The van der Waals surface area contributed by atoms with Crippen LogP contribution in [-0.2, 0) is 16.0 Å². The quantitative estimate of drug-likeness (QED) is 0.649. The zero-order chi connectivity index (χ0) is 11.8. The fourth-order valence-electron chi connectivity index (χ4n) is 1.21. The molecule has 1 atom stereocenters. The second-order valence-corrected chi connectivity index (χ2v) is 3.24. The second kappa shape index (κ2) is 6.95. The van der Waals surface area contributed by atoms with Crippen LogP contribution in [0.15, 0.2) is 12.4 Å². The van der Waals surface area contributed by atoms with Crippen molar-refractivity contribution in [2.75, 3.05) is 26.9 Å². The molecule has 16 heavy (non-hydrogen) atoms. The third-order valence-corrected chi connectivity index (χ3v) is 1.96. The van der Waals surface area contributed by atoms with E-state index in [9.17, 15) is 5.11 Å². The molecule has 88 valence electrons. The van der Waals surface area contributed by atoms with E-state index in [1.165, 1.54) is 6.20 Å². The summed E-state index contributed by atoms with van der Waals surface area (Å²) in [5.74, 6) is 0.288. The van der Waals surface area contributed by atoms with Gasteiger partial charge in [0, 0.05) is 19.5 Å². The molecule has 0 fully saturated rings. The molecule has 1 aromatic heterocycles. The van der Waals surface area contributed by atoms with E-state index < -0.39 is 6.10 Å². The van der Waals surface area contributed by atoms with E-state index in [0.29, 0.717) is 19.8 Å². The third-order valence-electron chi connectivity index (χ3n) is 1.96. The highest BCUT2D eigenvalue weighted by molar-refractivity contribution is 5.11. The molecule has 1 aromatic rings. The van der Waals surface area contributed by atoms with E-state index in [0.717, 1.165) is 0 Å². The van der Waals surface area contributed by atoms with Crippen molar-refractivity contribution in [3.8, 4) is 6.07 Å². The number of rotatable bonds is 7. The number of methoxy groups -OCH3 is 1. The van der Waals surface area contributed by atoms with Gasteiger partial charge in [-0.05, 0) is 0 Å². The molecule has 1 rings (SSSR count). The molecular weight excluding hydrogens is 210 g/mol. The fraction of sp³-hybridized carbons (Fsp3) is 0.600. The smallest absolute Gasteiger partial charge is 0.212 e. The summed E-state index contributed by atoms with van der Waals surface area (Å²) in [5, 5.41) is 18.3. The minimum atomic E-state index is -0.654. The Morgan fingerprint density at radius 3 is 3.12 bits per heavy atom. The zero-order valence-electron chi connectivity index (χ0n) is 9.17. The third kappa shape index (κ3) is 3.98. The summed E-state index contributed by atoms with van der Waals surface area (Å²) in [6, 6.07) is 1.94. The van der Waals surface area contributed by atoms with E-state index in [-0.39, 0.29) is 12.4 Å². The summed E-state index contributed by atoms with van der Waals surface area (Å²) < 4.78 is 11.6. The molecule has 0 aromatic carbocycles. The first-order valence-corrected chi connectivity index (χ1v) is 4.94. The van der Waals surface area contributed by atoms with Gasteiger partial charge in [-0.25, -0.2) is 4.98 Å². The number of hydrogen-bond donors (Lipinski definition) is 1. The normalized spacial score (nSPS) is 12.3. The molecule has 0 aliphatic rings. The number of aliphatic hydroxyl groups is 1. The molecular formula is C10H15N3O3. The SMILES string of the molecule is COCCOCC(O)Cn1ccnc1C#N. The number of aromatic nitrogens is 2. The van der Waals surface area contributed by atoms with Crippen LogP contribution < -0.4 is 0 Å². The lowest BCUT2D eigenvalue weighted by molar-refractivity contribution is 0.00713. The highest BCUT2D eigenvalue weighted by Gasteiger charge is 2.08. The Morgan fingerprint density at radius 2 is 2.44 bits per heavy atom. The summed E-state index contributed by atoms with van der Waals surface area (Å²) in [4.78, 5) is 3.83. The van der Waals surface area contributed by atoms with Crippen LogP contribution in [0, 0.1) is 11.3 Å². The van der Waals surface area contributed by atoms with Crippen molar-refractivity contribution < 1.29 is 14.6 Å². The Kier molecular flexibility index (Phi) is 5.50. The maximum atomic E-state index is 9.62. The van der Waals surface area contributed by atoms with Gasteiger partial charge in [0.05, 0.1) is 32.5 Å². The Morgan fingerprint density at radius 1 is 1.62 bits per heavy atom. The molecule has 0 spiro atoms. The minimum absolute atomic E-state index is 0.215. The van der Waals surface area contributed by atoms with Crippen molar-refractivity contribution >= 4 is 0 Å². The van der Waals surface area contributed by atoms with Crippen molar-refractivity contribution in [1.82, 2.24) is 9.55 Å². The van der Waals surface area contributed by atoms with Gasteiger partial charge in [-0.15, -0.1) is 0 Å². The highest BCUT2D eigenvalue weighted by atomic mass is 16.5. The highest BCUT2D eigenvalue weighted by Crippen LogP contribution is 1.98. The molecule has 6 heteroatoms. The van der Waals surface area contributed by atoms with Crippen molar-refractivity contribution in [2.45, 2.75) is 12.6 Å². The van der Waals surface area contributed by atoms with Crippen molar-refractivity contribution in [3.05, 3.63) is 18.2 Å². The predicted molar refractivity (Wildman–Crippen MR) is 55.6 cm³/mol. The van der Waals surface area contributed by atoms with Gasteiger partial charge in [0.25, 0.3) is 0 Å². The lowest BCUT2D eigenvalue weighted by atomic mass is 10.3. The van der Waals surface area contributed by atoms with Crippen LogP contribution in [0.5, 0.6) is 0 Å². The molecule has 0 saturated carbocycles. The van der Waals surface area contributed by atoms with Gasteiger partial charge in [0.15, 0.2) is 0 Å². The monoisotopic (exact) mass is 225 g/mol. The van der Waals surface area contributed by atoms with Crippen LogP contribution in [0.1, 0.15) is 5.82 Å². The molecule has 0 amide bonds. The Labute approximate surface area is 94.0 Å². The molecule has 0 radical (unpaired) electrons. The van der Waals surface area contributed by atoms with E-state index in [1.807, 2.05) is 6.07 Å². The van der Waals surface area contributed by atoms with E-state index in [4.69, 9.17) is 14.7 Å². The topological polar surface area (TPSA) is 80.3 Å². The number of imidazole rings is 1. The standard InChI is InChI=1S/C10H15N3O3/c1-15-4-5-16-8-9(14)7-13-3-2-12-10(13)6-11/h2-3,9,14H,4-5,7-8H2,1H3. The average Bonchev–Trinajstić information content (AvgIpc) is 2.71. The van der Waals surface area contributed by atoms with Gasteiger partial charge in [-0.2, -0.15) is 5.26 Å². The maximum Gasteiger partial charge on any atom is 0.212 e. The van der Waals surface area contributed by atoms with Crippen molar-refractivity contribution in [3.63, 3.8) is 0 Å². The first kappa shape index (κ1) is 12.6. The van der Waals surface area contributed by atoms with Gasteiger partial charge >= 0.3 is 0 Å². The Balaban J connectivity index is 2.29. The Hall–Kier alpha value is -1.42. The van der Waals surface area contributed by atoms with Crippen LogP contribution in [0.25, 0.3) is 0 Å². The van der Waals surface area contributed by atoms with E-state index in [1.54, 1.807) is 17.9 Å². The van der Waals surface area contributed by atoms with Gasteiger partial charge in [0.1, 0.15) is 6.07 Å². The van der Waals surface area contributed by atoms with Gasteiger partial charge in [0.2, 0.25) is 5.82 Å². The van der Waals surface area contributed by atoms with Crippen molar-refractivity contribution in [1.29, 1.82) is 5.26 Å². The van der Waals surface area contributed by atoms with Gasteiger partial charge in [-0.1, -0.05) is 0 Å². The fourth-order valence-corrected chi connectivity index (χ4v) is 1.21. The summed E-state index contributed by atoms with van der Waals surface area (Å²) >= 11 is 0. The summed E-state index contributed by atoms with van der Waals surface area (Å²) in [6.07, 6.45) is 2.52. The van der Waals surface area contributed by atoms with Gasteiger partial charge in [-0.3, -0.25) is 0 Å². The molecule has 1 N–H and O–H groups in total. The summed E-state index contributed by atoms with van der Waals surface area (Å²) in [6.45, 7) is 1.46. The molecule has 0 saturated heterocycles. The zero-order valence-corrected chi connectivity index (χ0v) is 9.17. The Bertz CT molecular complexity index is 345. The lowest BCUT2D eigenvalue weighted by Gasteiger charge is -2.12. The maximum absolute atomic E-state index is 9.62. The number of hydrogen-bond acceptors (Lipinski definition) is 5. The molecule has 0 bridgehead atoms. The number of ether oxygens (including phenoxy) is 2. The summed E-state index contributed by atoms with van der Waals surface area (Å²) in [5.41, 5.74) is 0. The van der Waals surface area contributed by atoms with Crippen molar-refractivity contribution in [2.24, 2.45) is 0 Å². The molecule has 0 aliphatic heterocycles. The number of nitrogens with zero attached hydrogens (tertiary/aromatic N) is 3. The number of aliphatic hydroxyl groups excluding tert-OH is 1. The molecule has 1 unspecified atom stereocenters. The van der Waals surface area contributed by atoms with Crippen LogP contribution in [0.4, 0.5) is 0 Å². The minimum Gasteiger partial charge on any atom is -0.389 e. The van der Waals surface area contributed by atoms with Crippen LogP contribution in [-0.4, -0.2) is 47.7 Å². The second-order valence-electron chi connectivity index (χ2n) is 3.24. The average molecular weight is 225 g/mol. The predicted octanol–water partition coefficient (Wildman–Crippen LogP) is -0.221. The number of nitriles is 1. The van der Waals surface area contributed by atoms with E-state index in [2.05, 4.69) is 4.98 Å². The first-order chi connectivity index (χ1) is 7.77. The lowest BCUT2D eigenvalue weighted by Crippen LogP contribution is -2.23. The van der Waals surface area contributed by atoms with Crippen LogP contribution in [0.2, 0.25) is 0 Å². The van der Waals surface area contributed by atoms with Crippen LogP contribution >= 0.6 is 0 Å². The van der Waals surface area contributed by atoms with Crippen LogP contribution in [0.3, 0.4) is 0 Å². The van der Waals surface area contributed by atoms with Gasteiger partial charge < -0.3 is 19.1 Å². The van der Waals surface area contributed by atoms with E-state index >= 15 is 0 Å². The molecule has 6 nitrogen and oxygen atoms in total. The first-order valence-electron chi connectivity index (χ1n) is 4.94. The molecule has 1 heterocycles. The summed E-state index contributed by atoms with van der Waals surface area (Å²) in [7, 11) is 1.59. The largest absolute Gasteiger partial charge is 0.389 e. The molecule has 0 aliphatic carbocycles.